The fraction of sp³-hybridized carbons (Fsp3) is 0.393. The van der Waals surface area contributed by atoms with Crippen LogP contribution in [0.2, 0.25) is 0 Å². The highest BCUT2D eigenvalue weighted by atomic mass is 32.1. The molecule has 2 fully saturated rings. The molecule has 12 heteroatoms. The normalized spacial score (nSPS) is 21.8. The van der Waals surface area contributed by atoms with Gasteiger partial charge in [-0.1, -0.05) is 25.0 Å². The van der Waals surface area contributed by atoms with Crippen LogP contribution in [0, 0.1) is 11.6 Å². The van der Waals surface area contributed by atoms with Gasteiger partial charge in [0.15, 0.2) is 5.11 Å². The van der Waals surface area contributed by atoms with Crippen molar-refractivity contribution in [3.8, 4) is 0 Å². The molecule has 0 bridgehead atoms. The Hall–Kier alpha value is -3.93. The summed E-state index contributed by atoms with van der Waals surface area (Å²) in [6.07, 6.45) is 2.01. The summed E-state index contributed by atoms with van der Waals surface area (Å²) in [4.78, 5) is 43.6. The smallest absolute Gasteiger partial charge is 0.415 e. The van der Waals surface area contributed by atoms with E-state index in [2.05, 4.69) is 15.5 Å². The Morgan fingerprint density at radius 2 is 1.75 bits per heavy atom. The van der Waals surface area contributed by atoms with Crippen molar-refractivity contribution in [2.24, 2.45) is 0 Å². The first-order valence-electron chi connectivity index (χ1n) is 13.1. The van der Waals surface area contributed by atoms with Gasteiger partial charge in [-0.15, -0.1) is 0 Å². The SMILES string of the molecule is CC(C)(C)OC(=O)N1c2cc(F)cc3c(=O)[nH]nc(c23)C(N2C(=O)C3(CCCC3)NC2=S)C1c1ccc(F)cc1. The third-order valence-electron chi connectivity index (χ3n) is 7.71. The number of hydrogen-bond acceptors (Lipinski definition) is 6. The molecule has 40 heavy (non-hydrogen) atoms. The number of halogens is 2. The number of hydrogen-bond donors (Lipinski definition) is 2. The Morgan fingerprint density at radius 3 is 2.40 bits per heavy atom. The standard InChI is InChI=1S/C28H27F2N5O4S/c1-27(2,3)39-26(38)34-18-13-16(30)12-17-19(18)20(32-33-23(17)36)22(21(34)14-6-8-15(29)9-7-14)35-24(37)28(31-25(35)40)10-4-5-11-28/h6-9,12-13,21-22H,4-5,10-11H2,1-3H3,(H,31,40)(H,33,36). The lowest BCUT2D eigenvalue weighted by Gasteiger charge is -2.44. The number of anilines is 1. The van der Waals surface area contributed by atoms with Crippen LogP contribution in [0.15, 0.2) is 41.2 Å². The molecule has 2 aromatic carbocycles. The number of nitrogens with zero attached hydrogens (tertiary/aromatic N) is 3. The summed E-state index contributed by atoms with van der Waals surface area (Å²) >= 11 is 5.71. The van der Waals surface area contributed by atoms with Gasteiger partial charge in [0.2, 0.25) is 0 Å². The second kappa shape index (κ2) is 9.05. The van der Waals surface area contributed by atoms with E-state index in [-0.39, 0.29) is 33.2 Å². The van der Waals surface area contributed by atoms with E-state index in [9.17, 15) is 18.8 Å². The average Bonchev–Trinajstić information content (AvgIpc) is 3.44. The molecule has 2 unspecified atom stereocenters. The summed E-state index contributed by atoms with van der Waals surface area (Å²) < 4.78 is 34.8. The molecule has 6 rings (SSSR count). The molecule has 3 aromatic rings. The molecule has 1 saturated carbocycles. The molecule has 2 atom stereocenters. The number of aromatic nitrogens is 2. The van der Waals surface area contributed by atoms with Gasteiger partial charge >= 0.3 is 6.09 Å². The fourth-order valence-corrected chi connectivity index (χ4v) is 6.49. The van der Waals surface area contributed by atoms with Gasteiger partial charge in [-0.25, -0.2) is 18.7 Å². The number of H-pyrrole nitrogens is 1. The average molecular weight is 568 g/mol. The molecule has 2 N–H and O–H groups in total. The second-order valence-electron chi connectivity index (χ2n) is 11.5. The number of carbonyl (C=O) groups is 2. The van der Waals surface area contributed by atoms with Gasteiger partial charge in [-0.05, 0) is 75.7 Å². The van der Waals surface area contributed by atoms with Crippen molar-refractivity contribution < 1.29 is 23.1 Å². The van der Waals surface area contributed by atoms with Gasteiger partial charge in [-0.3, -0.25) is 19.4 Å². The summed E-state index contributed by atoms with van der Waals surface area (Å²) in [6, 6.07) is 5.51. The van der Waals surface area contributed by atoms with Gasteiger partial charge in [0.25, 0.3) is 11.5 Å². The Bertz CT molecular complexity index is 1630. The second-order valence-corrected chi connectivity index (χ2v) is 11.9. The summed E-state index contributed by atoms with van der Waals surface area (Å²) in [5.74, 6) is -1.53. The van der Waals surface area contributed by atoms with Crippen molar-refractivity contribution >= 4 is 45.8 Å². The quantitative estimate of drug-likeness (QED) is 0.430. The Kier molecular flexibility index (Phi) is 5.95. The van der Waals surface area contributed by atoms with Gasteiger partial charge in [0.1, 0.15) is 28.8 Å². The highest BCUT2D eigenvalue weighted by molar-refractivity contribution is 7.80. The Labute approximate surface area is 233 Å². The molecular formula is C28H27F2N5O4S. The Morgan fingerprint density at radius 1 is 1.07 bits per heavy atom. The van der Waals surface area contributed by atoms with Crippen molar-refractivity contribution in [3.63, 3.8) is 0 Å². The fourth-order valence-electron chi connectivity index (χ4n) is 6.10. The van der Waals surface area contributed by atoms with Crippen LogP contribution in [0.4, 0.5) is 19.3 Å². The molecule has 3 heterocycles. The van der Waals surface area contributed by atoms with Crippen LogP contribution in [0.1, 0.15) is 69.8 Å². The van der Waals surface area contributed by atoms with Crippen molar-refractivity contribution in [2.45, 2.75) is 69.7 Å². The summed E-state index contributed by atoms with van der Waals surface area (Å²) in [5.41, 5.74) is -1.78. The van der Waals surface area contributed by atoms with Gasteiger partial charge in [0.05, 0.1) is 22.8 Å². The van der Waals surface area contributed by atoms with Crippen molar-refractivity contribution in [1.82, 2.24) is 20.4 Å². The summed E-state index contributed by atoms with van der Waals surface area (Å²) in [5, 5.41) is 10.3. The molecule has 9 nitrogen and oxygen atoms in total. The van der Waals surface area contributed by atoms with Crippen molar-refractivity contribution in [1.29, 1.82) is 0 Å². The zero-order valence-electron chi connectivity index (χ0n) is 22.1. The molecular weight excluding hydrogens is 540 g/mol. The molecule has 208 valence electrons. The highest BCUT2D eigenvalue weighted by Gasteiger charge is 2.57. The first-order chi connectivity index (χ1) is 18.9. The van der Waals surface area contributed by atoms with E-state index >= 15 is 4.39 Å². The van der Waals surface area contributed by atoms with E-state index in [0.29, 0.717) is 18.4 Å². The molecule has 2 aliphatic heterocycles. The first-order valence-corrected chi connectivity index (χ1v) is 13.5. The van der Waals surface area contributed by atoms with Crippen molar-refractivity contribution in [3.05, 3.63) is 69.6 Å². The number of nitrogens with one attached hydrogen (secondary N) is 2. The van der Waals surface area contributed by atoms with Crippen LogP contribution >= 0.6 is 12.2 Å². The molecule has 1 aromatic heterocycles. The predicted molar refractivity (Wildman–Crippen MR) is 147 cm³/mol. The maximum atomic E-state index is 15.0. The van der Waals surface area contributed by atoms with E-state index in [0.717, 1.165) is 25.0 Å². The van der Waals surface area contributed by atoms with Crippen molar-refractivity contribution in [2.75, 3.05) is 4.90 Å². The largest absolute Gasteiger partial charge is 0.443 e. The van der Waals surface area contributed by atoms with Crippen LogP contribution in [0.5, 0.6) is 0 Å². The number of carbonyl (C=O) groups excluding carboxylic acids is 2. The number of rotatable bonds is 2. The molecule has 1 aliphatic carbocycles. The lowest BCUT2D eigenvalue weighted by Crippen LogP contribution is -2.51. The van der Waals surface area contributed by atoms with Crippen LogP contribution in [-0.2, 0) is 9.53 Å². The maximum Gasteiger partial charge on any atom is 0.415 e. The van der Waals surface area contributed by atoms with Gasteiger partial charge in [0, 0.05) is 5.39 Å². The minimum Gasteiger partial charge on any atom is -0.443 e. The molecule has 2 amide bonds. The van der Waals surface area contributed by atoms with E-state index in [1.165, 1.54) is 34.1 Å². The molecule has 0 radical (unpaired) electrons. The third-order valence-corrected chi connectivity index (χ3v) is 8.01. The van der Waals surface area contributed by atoms with Crippen LogP contribution in [0.25, 0.3) is 10.8 Å². The minimum atomic E-state index is -1.06. The summed E-state index contributed by atoms with van der Waals surface area (Å²) in [7, 11) is 0. The zero-order valence-corrected chi connectivity index (χ0v) is 22.9. The van der Waals surface area contributed by atoms with Crippen LogP contribution in [0.3, 0.4) is 0 Å². The lowest BCUT2D eigenvalue weighted by molar-refractivity contribution is -0.132. The number of thiocarbonyl (C=S) groups is 1. The van der Waals surface area contributed by atoms with E-state index in [1.807, 2.05) is 0 Å². The topological polar surface area (TPSA) is 108 Å². The van der Waals surface area contributed by atoms with Gasteiger partial charge in [-0.2, -0.15) is 5.10 Å². The van der Waals surface area contributed by atoms with E-state index in [1.54, 1.807) is 20.8 Å². The monoisotopic (exact) mass is 567 g/mol. The maximum absolute atomic E-state index is 15.0. The minimum absolute atomic E-state index is 0.0442. The summed E-state index contributed by atoms with van der Waals surface area (Å²) in [6.45, 7) is 5.06. The van der Waals surface area contributed by atoms with Gasteiger partial charge < -0.3 is 10.1 Å². The highest BCUT2D eigenvalue weighted by Crippen LogP contribution is 2.51. The molecule has 1 saturated heterocycles. The van der Waals surface area contributed by atoms with E-state index < -0.39 is 46.5 Å². The van der Waals surface area contributed by atoms with Crippen LogP contribution in [-0.4, -0.2) is 43.4 Å². The predicted octanol–water partition coefficient (Wildman–Crippen LogP) is 4.77. The number of benzene rings is 2. The Balaban J connectivity index is 1.67. The van der Waals surface area contributed by atoms with Crippen LogP contribution < -0.4 is 15.8 Å². The lowest BCUT2D eigenvalue weighted by atomic mass is 9.86. The molecule has 1 spiro atoms. The number of amides is 2. The third kappa shape index (κ3) is 4.04. The first kappa shape index (κ1) is 26.3. The molecule has 3 aliphatic rings. The zero-order chi connectivity index (χ0) is 28.6. The van der Waals surface area contributed by atoms with E-state index in [4.69, 9.17) is 17.0 Å². The number of aromatic amines is 1. The number of ether oxygens (including phenoxy) is 1.